The molecular formula is C19H20N4OS. The molecule has 0 spiro atoms. The van der Waals surface area contributed by atoms with Crippen molar-refractivity contribution in [3.05, 3.63) is 66.5 Å². The van der Waals surface area contributed by atoms with Crippen LogP contribution in [0.15, 0.2) is 60.9 Å². The van der Waals surface area contributed by atoms with E-state index in [0.717, 1.165) is 39.8 Å². The third kappa shape index (κ3) is 4.71. The lowest BCUT2D eigenvalue weighted by atomic mass is 10.1. The van der Waals surface area contributed by atoms with E-state index in [0.29, 0.717) is 6.61 Å². The zero-order valence-corrected chi connectivity index (χ0v) is 14.8. The summed E-state index contributed by atoms with van der Waals surface area (Å²) in [5.74, 6) is 2.35. The van der Waals surface area contributed by atoms with Gasteiger partial charge in [0.1, 0.15) is 17.9 Å². The Morgan fingerprint density at radius 1 is 1.08 bits per heavy atom. The van der Waals surface area contributed by atoms with Crippen molar-refractivity contribution in [2.24, 2.45) is 5.14 Å². The molecule has 0 amide bonds. The normalized spacial score (nSPS) is 10.5. The zero-order valence-electron chi connectivity index (χ0n) is 14.0. The minimum Gasteiger partial charge on any atom is -0.494 e. The van der Waals surface area contributed by atoms with Crippen molar-refractivity contribution in [1.29, 1.82) is 0 Å². The Bertz CT molecular complexity index is 841. The second-order valence-corrected chi connectivity index (χ2v) is 6.01. The minimum absolute atomic E-state index is 0.636. The molecule has 3 aromatic rings. The Morgan fingerprint density at radius 3 is 2.80 bits per heavy atom. The highest BCUT2D eigenvalue weighted by atomic mass is 32.2. The second-order valence-electron chi connectivity index (χ2n) is 5.39. The molecule has 0 atom stereocenters. The van der Waals surface area contributed by atoms with Gasteiger partial charge >= 0.3 is 0 Å². The van der Waals surface area contributed by atoms with Gasteiger partial charge in [-0.1, -0.05) is 36.2 Å². The number of nitrogens with zero attached hydrogens (tertiary/aromatic N) is 2. The van der Waals surface area contributed by atoms with Crippen LogP contribution in [0.4, 0.5) is 11.5 Å². The largest absolute Gasteiger partial charge is 0.494 e. The zero-order chi connectivity index (χ0) is 17.5. The van der Waals surface area contributed by atoms with E-state index in [1.54, 1.807) is 6.33 Å². The highest BCUT2D eigenvalue weighted by Crippen LogP contribution is 2.25. The van der Waals surface area contributed by atoms with E-state index in [9.17, 15) is 0 Å². The van der Waals surface area contributed by atoms with Crippen LogP contribution >= 0.6 is 11.9 Å². The smallest absolute Gasteiger partial charge is 0.134 e. The van der Waals surface area contributed by atoms with Crippen LogP contribution in [0.2, 0.25) is 0 Å². The van der Waals surface area contributed by atoms with E-state index in [1.165, 1.54) is 11.9 Å². The highest BCUT2D eigenvalue weighted by Gasteiger charge is 2.05. The quantitative estimate of drug-likeness (QED) is 0.614. The number of aromatic nitrogens is 2. The van der Waals surface area contributed by atoms with Gasteiger partial charge in [-0.3, -0.25) is 5.14 Å². The van der Waals surface area contributed by atoms with Gasteiger partial charge in [0.25, 0.3) is 0 Å². The number of nitrogens with one attached hydrogen (secondary N) is 1. The van der Waals surface area contributed by atoms with Gasteiger partial charge in [-0.05, 0) is 36.8 Å². The molecule has 3 rings (SSSR count). The number of ether oxygens (including phenoxy) is 1. The predicted octanol–water partition coefficient (Wildman–Crippen LogP) is 4.39. The average molecular weight is 352 g/mol. The summed E-state index contributed by atoms with van der Waals surface area (Å²) in [4.78, 5) is 8.68. The molecule has 0 fully saturated rings. The number of hydrogen-bond donors (Lipinski definition) is 2. The van der Waals surface area contributed by atoms with Crippen LogP contribution in [0.5, 0.6) is 5.75 Å². The Balaban J connectivity index is 1.82. The summed E-state index contributed by atoms with van der Waals surface area (Å²) >= 11 is 1.31. The van der Waals surface area contributed by atoms with Gasteiger partial charge in [0.15, 0.2) is 0 Å². The maximum Gasteiger partial charge on any atom is 0.134 e. The van der Waals surface area contributed by atoms with Crippen LogP contribution in [0.25, 0.3) is 11.3 Å². The van der Waals surface area contributed by atoms with E-state index >= 15 is 0 Å². The van der Waals surface area contributed by atoms with Crippen LogP contribution in [0.1, 0.15) is 12.5 Å². The summed E-state index contributed by atoms with van der Waals surface area (Å²) in [7, 11) is 0. The molecule has 0 aliphatic heterocycles. The van der Waals surface area contributed by atoms with Crippen molar-refractivity contribution in [3.63, 3.8) is 0 Å². The lowest BCUT2D eigenvalue weighted by Crippen LogP contribution is -1.97. The third-order valence-corrected chi connectivity index (χ3v) is 4.06. The summed E-state index contributed by atoms with van der Waals surface area (Å²) in [6.07, 6.45) is 1.56. The van der Waals surface area contributed by atoms with Crippen molar-refractivity contribution in [2.75, 3.05) is 11.9 Å². The molecule has 5 nitrogen and oxygen atoms in total. The van der Waals surface area contributed by atoms with Gasteiger partial charge in [-0.2, -0.15) is 0 Å². The number of nitrogens with two attached hydrogens (primary N) is 1. The van der Waals surface area contributed by atoms with Crippen LogP contribution in [0, 0.1) is 0 Å². The maximum absolute atomic E-state index is 5.56. The Labute approximate surface area is 151 Å². The molecule has 0 unspecified atom stereocenters. The minimum atomic E-state index is 0.636. The number of rotatable bonds is 7. The van der Waals surface area contributed by atoms with Crippen molar-refractivity contribution >= 4 is 23.5 Å². The van der Waals surface area contributed by atoms with Crippen LogP contribution in [-0.4, -0.2) is 16.6 Å². The lowest BCUT2D eigenvalue weighted by Gasteiger charge is -2.09. The van der Waals surface area contributed by atoms with E-state index < -0.39 is 0 Å². The van der Waals surface area contributed by atoms with Crippen molar-refractivity contribution < 1.29 is 4.74 Å². The summed E-state index contributed by atoms with van der Waals surface area (Å²) in [5, 5.41) is 8.87. The number of benzene rings is 2. The van der Waals surface area contributed by atoms with Gasteiger partial charge < -0.3 is 10.1 Å². The third-order valence-electron chi connectivity index (χ3n) is 3.56. The standard InChI is InChI=1S/C19H20N4OS/c1-2-24-17-8-4-6-15(10-17)18-11-19(22-13-21-18)23-16-7-3-5-14(9-16)12-25-20/h3-11,13H,2,12,20H2,1H3,(H,21,22,23). The van der Waals surface area contributed by atoms with Crippen LogP contribution in [-0.2, 0) is 5.75 Å². The summed E-state index contributed by atoms with van der Waals surface area (Å²) in [5.41, 5.74) is 3.97. The molecule has 0 bridgehead atoms. The number of anilines is 2. The molecular weight excluding hydrogens is 332 g/mol. The Kier molecular flexibility index (Phi) is 5.87. The molecule has 0 aliphatic carbocycles. The van der Waals surface area contributed by atoms with E-state index in [-0.39, 0.29) is 0 Å². The Morgan fingerprint density at radius 2 is 1.96 bits per heavy atom. The average Bonchev–Trinajstić information content (AvgIpc) is 2.63. The molecule has 1 aromatic heterocycles. The fraction of sp³-hybridized carbons (Fsp3) is 0.158. The van der Waals surface area contributed by atoms with Gasteiger partial charge in [-0.15, -0.1) is 0 Å². The first kappa shape index (κ1) is 17.3. The van der Waals surface area contributed by atoms with Crippen LogP contribution < -0.4 is 15.2 Å². The summed E-state index contributed by atoms with van der Waals surface area (Å²) < 4.78 is 5.56. The molecule has 6 heteroatoms. The van der Waals surface area contributed by atoms with E-state index in [1.807, 2.05) is 49.4 Å². The molecule has 2 aromatic carbocycles. The highest BCUT2D eigenvalue weighted by molar-refractivity contribution is 7.96. The molecule has 0 radical (unpaired) electrons. The van der Waals surface area contributed by atoms with Gasteiger partial charge in [0.2, 0.25) is 0 Å². The SMILES string of the molecule is CCOc1cccc(-c2cc(Nc3cccc(CSN)c3)ncn2)c1. The molecule has 0 saturated carbocycles. The van der Waals surface area contributed by atoms with Crippen molar-refractivity contribution in [2.45, 2.75) is 12.7 Å². The lowest BCUT2D eigenvalue weighted by molar-refractivity contribution is 0.340. The fourth-order valence-electron chi connectivity index (χ4n) is 2.48. The first-order valence-corrected chi connectivity index (χ1v) is 9.06. The molecule has 0 aliphatic rings. The van der Waals surface area contributed by atoms with Gasteiger partial charge in [0, 0.05) is 23.1 Å². The topological polar surface area (TPSA) is 73.1 Å². The van der Waals surface area contributed by atoms with Gasteiger partial charge in [0.05, 0.1) is 12.3 Å². The summed E-state index contributed by atoms with van der Waals surface area (Å²) in [6, 6.07) is 17.9. The molecule has 0 saturated heterocycles. The monoisotopic (exact) mass is 352 g/mol. The molecule has 1 heterocycles. The molecule has 128 valence electrons. The molecule has 25 heavy (non-hydrogen) atoms. The number of hydrogen-bond acceptors (Lipinski definition) is 6. The van der Waals surface area contributed by atoms with Crippen LogP contribution in [0.3, 0.4) is 0 Å². The first-order chi connectivity index (χ1) is 12.3. The second kappa shape index (κ2) is 8.50. The summed E-state index contributed by atoms with van der Waals surface area (Å²) in [6.45, 7) is 2.61. The first-order valence-electron chi connectivity index (χ1n) is 8.01. The van der Waals surface area contributed by atoms with Crippen molar-refractivity contribution in [1.82, 2.24) is 9.97 Å². The van der Waals surface area contributed by atoms with E-state index in [2.05, 4.69) is 27.4 Å². The van der Waals surface area contributed by atoms with Crippen molar-refractivity contribution in [3.8, 4) is 17.0 Å². The fourth-order valence-corrected chi connectivity index (χ4v) is 2.85. The Hall–Kier alpha value is -2.57. The maximum atomic E-state index is 5.56. The van der Waals surface area contributed by atoms with Gasteiger partial charge in [-0.25, -0.2) is 9.97 Å². The van der Waals surface area contributed by atoms with E-state index in [4.69, 9.17) is 9.88 Å². The predicted molar refractivity (Wildman–Crippen MR) is 104 cm³/mol. The molecule has 3 N–H and O–H groups in total.